The fourth-order valence-corrected chi connectivity index (χ4v) is 2.14. The highest BCUT2D eigenvalue weighted by atomic mass is 16.5. The average molecular weight is 283 g/mol. The zero-order chi connectivity index (χ0) is 15.1. The number of hydrogen-bond acceptors (Lipinski definition) is 2. The van der Waals surface area contributed by atoms with Crippen molar-refractivity contribution in [3.05, 3.63) is 65.7 Å². The SMILES string of the molecule is CC(C)COc1cccc(CN[C@@H](C)c2ccccc2)c1. The lowest BCUT2D eigenvalue weighted by Gasteiger charge is -2.15. The molecule has 2 nitrogen and oxygen atoms in total. The van der Waals surface area contributed by atoms with Crippen LogP contribution in [0.25, 0.3) is 0 Å². The minimum absolute atomic E-state index is 0.339. The smallest absolute Gasteiger partial charge is 0.119 e. The van der Waals surface area contributed by atoms with Gasteiger partial charge in [0.2, 0.25) is 0 Å². The maximum Gasteiger partial charge on any atom is 0.119 e. The molecule has 0 radical (unpaired) electrons. The molecule has 2 aromatic rings. The Kier molecular flexibility index (Phi) is 5.82. The van der Waals surface area contributed by atoms with E-state index in [1.165, 1.54) is 11.1 Å². The van der Waals surface area contributed by atoms with E-state index in [2.05, 4.69) is 68.6 Å². The number of benzene rings is 2. The summed E-state index contributed by atoms with van der Waals surface area (Å²) >= 11 is 0. The molecule has 2 aromatic carbocycles. The van der Waals surface area contributed by atoms with E-state index in [9.17, 15) is 0 Å². The van der Waals surface area contributed by atoms with Crippen LogP contribution in [0.2, 0.25) is 0 Å². The minimum atomic E-state index is 0.339. The van der Waals surface area contributed by atoms with Crippen molar-refractivity contribution in [2.75, 3.05) is 6.61 Å². The summed E-state index contributed by atoms with van der Waals surface area (Å²) in [6.07, 6.45) is 0. The van der Waals surface area contributed by atoms with Gasteiger partial charge in [0, 0.05) is 12.6 Å². The van der Waals surface area contributed by atoms with E-state index < -0.39 is 0 Å². The largest absolute Gasteiger partial charge is 0.493 e. The molecular formula is C19H25NO. The Hall–Kier alpha value is -1.80. The molecule has 0 aromatic heterocycles. The van der Waals surface area contributed by atoms with Gasteiger partial charge in [-0.2, -0.15) is 0 Å². The monoisotopic (exact) mass is 283 g/mol. The first kappa shape index (κ1) is 15.6. The van der Waals surface area contributed by atoms with E-state index in [0.717, 1.165) is 18.9 Å². The molecule has 0 heterocycles. The third-order valence-corrected chi connectivity index (χ3v) is 3.39. The Bertz CT molecular complexity index is 536. The van der Waals surface area contributed by atoms with Crippen molar-refractivity contribution in [1.29, 1.82) is 0 Å². The standard InChI is InChI=1S/C19H25NO/c1-15(2)14-21-19-11-7-8-17(12-19)13-20-16(3)18-9-5-4-6-10-18/h4-12,15-16,20H,13-14H2,1-3H3/t16-/m0/s1. The second-order valence-corrected chi connectivity index (χ2v) is 5.87. The van der Waals surface area contributed by atoms with Gasteiger partial charge in [-0.15, -0.1) is 0 Å². The highest BCUT2D eigenvalue weighted by molar-refractivity contribution is 5.28. The van der Waals surface area contributed by atoms with Gasteiger partial charge < -0.3 is 10.1 Å². The molecule has 0 aliphatic rings. The van der Waals surface area contributed by atoms with Gasteiger partial charge in [0.25, 0.3) is 0 Å². The predicted octanol–water partition coefficient (Wildman–Crippen LogP) is 4.57. The summed E-state index contributed by atoms with van der Waals surface area (Å²) in [6.45, 7) is 8.11. The van der Waals surface area contributed by atoms with E-state index in [1.807, 2.05) is 12.1 Å². The molecule has 0 aliphatic heterocycles. The lowest BCUT2D eigenvalue weighted by molar-refractivity contribution is 0.271. The molecule has 2 rings (SSSR count). The molecule has 0 saturated carbocycles. The normalized spacial score (nSPS) is 12.4. The van der Waals surface area contributed by atoms with Crippen LogP contribution < -0.4 is 10.1 Å². The van der Waals surface area contributed by atoms with Crippen LogP contribution >= 0.6 is 0 Å². The quantitative estimate of drug-likeness (QED) is 0.803. The van der Waals surface area contributed by atoms with Crippen LogP contribution in [0.1, 0.15) is 37.9 Å². The first-order valence-corrected chi connectivity index (χ1v) is 7.65. The van der Waals surface area contributed by atoms with Gasteiger partial charge in [-0.1, -0.05) is 56.3 Å². The molecule has 0 fully saturated rings. The number of nitrogens with one attached hydrogen (secondary N) is 1. The molecule has 0 spiro atoms. The van der Waals surface area contributed by atoms with Gasteiger partial charge in [-0.05, 0) is 36.1 Å². The van der Waals surface area contributed by atoms with Crippen LogP contribution in [0.15, 0.2) is 54.6 Å². The third kappa shape index (κ3) is 5.24. The van der Waals surface area contributed by atoms with Crippen molar-refractivity contribution in [3.63, 3.8) is 0 Å². The summed E-state index contributed by atoms with van der Waals surface area (Å²) in [4.78, 5) is 0. The van der Waals surface area contributed by atoms with Crippen LogP contribution in [-0.2, 0) is 6.54 Å². The highest BCUT2D eigenvalue weighted by Crippen LogP contribution is 2.16. The van der Waals surface area contributed by atoms with Crippen molar-refractivity contribution < 1.29 is 4.74 Å². The van der Waals surface area contributed by atoms with Gasteiger partial charge in [0.1, 0.15) is 5.75 Å². The molecule has 0 bridgehead atoms. The fraction of sp³-hybridized carbons (Fsp3) is 0.368. The van der Waals surface area contributed by atoms with Gasteiger partial charge in [0.15, 0.2) is 0 Å². The van der Waals surface area contributed by atoms with E-state index in [-0.39, 0.29) is 0 Å². The van der Waals surface area contributed by atoms with Crippen LogP contribution in [0.4, 0.5) is 0 Å². The van der Waals surface area contributed by atoms with Gasteiger partial charge in [0.05, 0.1) is 6.61 Å². The van der Waals surface area contributed by atoms with Gasteiger partial charge >= 0.3 is 0 Å². The summed E-state index contributed by atoms with van der Waals surface area (Å²) in [5, 5.41) is 3.55. The van der Waals surface area contributed by atoms with Crippen LogP contribution in [0.3, 0.4) is 0 Å². The van der Waals surface area contributed by atoms with Crippen molar-refractivity contribution in [2.24, 2.45) is 5.92 Å². The van der Waals surface area contributed by atoms with Crippen molar-refractivity contribution >= 4 is 0 Å². The topological polar surface area (TPSA) is 21.3 Å². The third-order valence-electron chi connectivity index (χ3n) is 3.39. The Morgan fingerprint density at radius 2 is 1.71 bits per heavy atom. The van der Waals surface area contributed by atoms with Gasteiger partial charge in [-0.3, -0.25) is 0 Å². The molecule has 112 valence electrons. The summed E-state index contributed by atoms with van der Waals surface area (Å²) in [6, 6.07) is 19.2. The number of rotatable bonds is 7. The molecule has 1 N–H and O–H groups in total. The van der Waals surface area contributed by atoms with Gasteiger partial charge in [-0.25, -0.2) is 0 Å². The Balaban J connectivity index is 1.89. The molecule has 2 heteroatoms. The second-order valence-electron chi connectivity index (χ2n) is 5.87. The first-order valence-electron chi connectivity index (χ1n) is 7.65. The second kappa shape index (κ2) is 7.84. The van der Waals surface area contributed by atoms with E-state index in [4.69, 9.17) is 4.74 Å². The Labute approximate surface area is 128 Å². The molecule has 0 aliphatic carbocycles. The maximum absolute atomic E-state index is 5.77. The summed E-state index contributed by atoms with van der Waals surface area (Å²) in [5.41, 5.74) is 2.56. The molecule has 21 heavy (non-hydrogen) atoms. The summed E-state index contributed by atoms with van der Waals surface area (Å²) < 4.78 is 5.77. The Morgan fingerprint density at radius 3 is 2.43 bits per heavy atom. The van der Waals surface area contributed by atoms with E-state index >= 15 is 0 Å². The van der Waals surface area contributed by atoms with E-state index in [0.29, 0.717) is 12.0 Å². The lowest BCUT2D eigenvalue weighted by Crippen LogP contribution is -2.18. The predicted molar refractivity (Wildman–Crippen MR) is 88.5 cm³/mol. The minimum Gasteiger partial charge on any atom is -0.493 e. The first-order chi connectivity index (χ1) is 10.1. The zero-order valence-corrected chi connectivity index (χ0v) is 13.2. The van der Waals surface area contributed by atoms with Crippen molar-refractivity contribution in [2.45, 2.75) is 33.4 Å². The molecule has 0 saturated heterocycles. The fourth-order valence-electron chi connectivity index (χ4n) is 2.14. The highest BCUT2D eigenvalue weighted by Gasteiger charge is 2.04. The molecule has 0 amide bonds. The molecule has 0 unspecified atom stereocenters. The maximum atomic E-state index is 5.77. The van der Waals surface area contributed by atoms with Crippen LogP contribution in [0, 0.1) is 5.92 Å². The van der Waals surface area contributed by atoms with E-state index in [1.54, 1.807) is 0 Å². The summed E-state index contributed by atoms with van der Waals surface area (Å²) in [5.74, 6) is 1.50. The molecular weight excluding hydrogens is 258 g/mol. The number of hydrogen-bond donors (Lipinski definition) is 1. The zero-order valence-electron chi connectivity index (χ0n) is 13.2. The van der Waals surface area contributed by atoms with Crippen LogP contribution in [-0.4, -0.2) is 6.61 Å². The Morgan fingerprint density at radius 1 is 0.952 bits per heavy atom. The summed E-state index contributed by atoms with van der Waals surface area (Å²) in [7, 11) is 0. The number of ether oxygens (including phenoxy) is 1. The lowest BCUT2D eigenvalue weighted by atomic mass is 10.1. The molecule has 1 atom stereocenters. The van der Waals surface area contributed by atoms with Crippen LogP contribution in [0.5, 0.6) is 5.75 Å². The average Bonchev–Trinajstić information content (AvgIpc) is 2.52. The van der Waals surface area contributed by atoms with Crippen molar-refractivity contribution in [1.82, 2.24) is 5.32 Å². The van der Waals surface area contributed by atoms with Crippen molar-refractivity contribution in [3.8, 4) is 5.75 Å².